The third kappa shape index (κ3) is 3.39. The fourth-order valence-corrected chi connectivity index (χ4v) is 6.20. The highest BCUT2D eigenvalue weighted by atomic mass is 79.9. The van der Waals surface area contributed by atoms with Gasteiger partial charge in [-0.15, -0.1) is 11.3 Å². The Morgan fingerprint density at radius 1 is 1.42 bits per heavy atom. The van der Waals surface area contributed by atoms with Crippen LogP contribution in [0.25, 0.3) is 0 Å². The highest BCUT2D eigenvalue weighted by Crippen LogP contribution is 2.32. The fraction of sp³-hybridized carbons (Fsp3) is 0.667. The maximum absolute atomic E-state index is 12.7. The number of rotatable bonds is 3. The molecule has 1 saturated heterocycles. The van der Waals surface area contributed by atoms with Gasteiger partial charge in [-0.25, -0.2) is 8.42 Å². The molecule has 0 bridgehead atoms. The average Bonchev–Trinajstić information content (AvgIpc) is 2.58. The molecule has 19 heavy (non-hydrogen) atoms. The lowest BCUT2D eigenvalue weighted by Gasteiger charge is -2.26. The number of halogens is 1. The summed E-state index contributed by atoms with van der Waals surface area (Å²) < 4.78 is 27.8. The SMILES string of the molecule is Cc1sc(Br)cc1S(=O)(=O)N(C)C1CCCNCC1. The number of nitrogens with zero attached hydrogens (tertiary/aromatic N) is 1. The first-order valence-electron chi connectivity index (χ1n) is 6.37. The Morgan fingerprint density at radius 3 is 2.79 bits per heavy atom. The zero-order valence-corrected chi connectivity index (χ0v) is 14.4. The molecule has 0 saturated carbocycles. The van der Waals surface area contributed by atoms with Crippen molar-refractivity contribution in [3.63, 3.8) is 0 Å². The minimum Gasteiger partial charge on any atom is -0.317 e. The van der Waals surface area contributed by atoms with E-state index in [1.54, 1.807) is 17.4 Å². The Balaban J connectivity index is 2.25. The van der Waals surface area contributed by atoms with Gasteiger partial charge in [0.2, 0.25) is 10.0 Å². The van der Waals surface area contributed by atoms with E-state index in [0.29, 0.717) is 4.90 Å². The van der Waals surface area contributed by atoms with Gasteiger partial charge in [-0.1, -0.05) is 0 Å². The van der Waals surface area contributed by atoms with Crippen LogP contribution in [0.4, 0.5) is 0 Å². The van der Waals surface area contributed by atoms with Gasteiger partial charge in [0.25, 0.3) is 0 Å². The van der Waals surface area contributed by atoms with Crippen molar-refractivity contribution in [1.82, 2.24) is 9.62 Å². The monoisotopic (exact) mass is 366 g/mol. The van der Waals surface area contributed by atoms with Crippen molar-refractivity contribution in [3.8, 4) is 0 Å². The number of nitrogens with one attached hydrogen (secondary N) is 1. The molecule has 1 aromatic heterocycles. The van der Waals surface area contributed by atoms with Crippen LogP contribution in [-0.2, 0) is 10.0 Å². The third-order valence-electron chi connectivity index (χ3n) is 3.56. The van der Waals surface area contributed by atoms with E-state index in [0.717, 1.165) is 41.0 Å². The lowest BCUT2D eigenvalue weighted by Crippen LogP contribution is -2.37. The summed E-state index contributed by atoms with van der Waals surface area (Å²) in [4.78, 5) is 1.27. The van der Waals surface area contributed by atoms with Crippen LogP contribution in [0.15, 0.2) is 14.7 Å². The Kier molecular flexibility index (Phi) is 5.05. The molecule has 1 aliphatic heterocycles. The van der Waals surface area contributed by atoms with Gasteiger partial charge >= 0.3 is 0 Å². The molecule has 0 amide bonds. The Labute approximate surface area is 127 Å². The van der Waals surface area contributed by atoms with E-state index in [4.69, 9.17) is 0 Å². The lowest BCUT2D eigenvalue weighted by molar-refractivity contribution is 0.341. The van der Waals surface area contributed by atoms with Gasteiger partial charge in [0, 0.05) is 18.0 Å². The second kappa shape index (κ2) is 6.22. The summed E-state index contributed by atoms with van der Waals surface area (Å²) in [5.74, 6) is 0. The van der Waals surface area contributed by atoms with Crippen LogP contribution in [-0.4, -0.2) is 38.9 Å². The molecule has 1 unspecified atom stereocenters. The number of thiophene rings is 1. The molecule has 1 fully saturated rings. The summed E-state index contributed by atoms with van der Waals surface area (Å²) in [6.07, 6.45) is 2.82. The molecule has 2 rings (SSSR count). The van der Waals surface area contributed by atoms with Crippen molar-refractivity contribution in [3.05, 3.63) is 14.7 Å². The highest BCUT2D eigenvalue weighted by molar-refractivity contribution is 9.11. The van der Waals surface area contributed by atoms with E-state index < -0.39 is 10.0 Å². The van der Waals surface area contributed by atoms with Gasteiger partial charge in [-0.2, -0.15) is 4.31 Å². The smallest absolute Gasteiger partial charge is 0.244 e. The van der Waals surface area contributed by atoms with Gasteiger partial charge in [0.1, 0.15) is 0 Å². The van der Waals surface area contributed by atoms with Gasteiger partial charge in [0.05, 0.1) is 8.68 Å². The summed E-state index contributed by atoms with van der Waals surface area (Å²) in [5, 5.41) is 3.31. The zero-order valence-electron chi connectivity index (χ0n) is 11.1. The van der Waals surface area contributed by atoms with Crippen LogP contribution in [0.3, 0.4) is 0 Å². The minimum atomic E-state index is -3.38. The van der Waals surface area contributed by atoms with E-state index in [1.165, 1.54) is 11.3 Å². The molecule has 1 N–H and O–H groups in total. The molecule has 0 spiro atoms. The molecule has 1 aromatic rings. The Morgan fingerprint density at radius 2 is 2.16 bits per heavy atom. The molecular weight excluding hydrogens is 348 g/mol. The molecule has 1 atom stereocenters. The molecule has 0 radical (unpaired) electrons. The maximum atomic E-state index is 12.7. The summed E-state index contributed by atoms with van der Waals surface area (Å²) in [7, 11) is -1.67. The first-order chi connectivity index (χ1) is 8.93. The van der Waals surface area contributed by atoms with Crippen molar-refractivity contribution in [2.45, 2.75) is 37.1 Å². The number of hydrogen-bond donors (Lipinski definition) is 1. The molecular formula is C12H19BrN2O2S2. The molecule has 0 aliphatic carbocycles. The predicted octanol–water partition coefficient (Wildman–Crippen LogP) is 2.58. The summed E-state index contributed by atoms with van der Waals surface area (Å²) in [5.41, 5.74) is 0. The standard InChI is InChI=1S/C12H19BrN2O2S2/c1-9-11(8-12(13)18-9)19(16,17)15(2)10-4-3-6-14-7-5-10/h8,10,14H,3-7H2,1-2H3. The number of sulfonamides is 1. The third-order valence-corrected chi connectivity index (χ3v) is 7.28. The van der Waals surface area contributed by atoms with E-state index in [9.17, 15) is 8.42 Å². The van der Waals surface area contributed by atoms with Crippen LogP contribution in [0, 0.1) is 6.92 Å². The molecule has 0 aromatic carbocycles. The van der Waals surface area contributed by atoms with E-state index >= 15 is 0 Å². The van der Waals surface area contributed by atoms with Crippen LogP contribution in [0.5, 0.6) is 0 Å². The largest absolute Gasteiger partial charge is 0.317 e. The fourth-order valence-electron chi connectivity index (χ4n) is 2.40. The van der Waals surface area contributed by atoms with E-state index in [-0.39, 0.29) is 6.04 Å². The maximum Gasteiger partial charge on any atom is 0.244 e. The van der Waals surface area contributed by atoms with Gasteiger partial charge in [0.15, 0.2) is 0 Å². The van der Waals surface area contributed by atoms with Crippen molar-refractivity contribution >= 4 is 37.3 Å². The lowest BCUT2D eigenvalue weighted by atomic mass is 10.1. The molecule has 4 nitrogen and oxygen atoms in total. The summed E-state index contributed by atoms with van der Waals surface area (Å²) in [6, 6.07) is 1.80. The van der Waals surface area contributed by atoms with Crippen LogP contribution >= 0.6 is 27.3 Å². The highest BCUT2D eigenvalue weighted by Gasteiger charge is 2.30. The van der Waals surface area contributed by atoms with Crippen molar-refractivity contribution in [2.75, 3.05) is 20.1 Å². The van der Waals surface area contributed by atoms with Crippen LogP contribution < -0.4 is 5.32 Å². The summed E-state index contributed by atoms with van der Waals surface area (Å²) in [6.45, 7) is 3.72. The normalized spacial score (nSPS) is 21.6. The Bertz CT molecular complexity index is 534. The van der Waals surface area contributed by atoms with E-state index in [2.05, 4.69) is 21.2 Å². The van der Waals surface area contributed by atoms with E-state index in [1.807, 2.05) is 6.92 Å². The number of aryl methyl sites for hydroxylation is 1. The molecule has 1 aliphatic rings. The first kappa shape index (κ1) is 15.4. The van der Waals surface area contributed by atoms with Crippen LogP contribution in [0.2, 0.25) is 0 Å². The van der Waals surface area contributed by atoms with Crippen LogP contribution in [0.1, 0.15) is 24.1 Å². The van der Waals surface area contributed by atoms with Gasteiger partial charge in [-0.05, 0) is 61.3 Å². The molecule has 108 valence electrons. The Hall–Kier alpha value is 0.0500. The van der Waals surface area contributed by atoms with Gasteiger partial charge in [-0.3, -0.25) is 0 Å². The zero-order chi connectivity index (χ0) is 14.0. The molecule has 2 heterocycles. The molecule has 7 heteroatoms. The second-order valence-electron chi connectivity index (χ2n) is 4.83. The van der Waals surface area contributed by atoms with Gasteiger partial charge < -0.3 is 5.32 Å². The number of hydrogen-bond acceptors (Lipinski definition) is 4. The van der Waals surface area contributed by atoms with Crippen molar-refractivity contribution < 1.29 is 8.42 Å². The van der Waals surface area contributed by atoms with Crippen molar-refractivity contribution in [2.24, 2.45) is 0 Å². The minimum absolute atomic E-state index is 0.0954. The quantitative estimate of drug-likeness (QED) is 0.894. The van der Waals surface area contributed by atoms with Crippen molar-refractivity contribution in [1.29, 1.82) is 0 Å². The summed E-state index contributed by atoms with van der Waals surface area (Å²) >= 11 is 4.82. The predicted molar refractivity (Wildman–Crippen MR) is 82.2 cm³/mol. The average molecular weight is 367 g/mol. The topological polar surface area (TPSA) is 49.4 Å². The second-order valence-corrected chi connectivity index (χ2v) is 9.43. The first-order valence-corrected chi connectivity index (χ1v) is 9.42.